The molecule has 0 aromatic carbocycles. The van der Waals surface area contributed by atoms with Gasteiger partial charge in [0, 0.05) is 0 Å². The van der Waals surface area contributed by atoms with Gasteiger partial charge in [0.2, 0.25) is 7.41 Å². The van der Waals surface area contributed by atoms with Crippen molar-refractivity contribution in [2.24, 2.45) is 0 Å². The molecule has 1 N–H and O–H groups in total. The molecule has 51 valence electrons. The maximum Gasteiger partial charge on any atom is 0.239 e. The number of hydrogen-bond acceptors (Lipinski definition) is 1. The fraction of sp³-hybridized carbons (Fsp3) is 0.714. The second-order valence-corrected chi connectivity index (χ2v) is 2.30. The number of rotatable bonds is 5. The average molecular weight is 124 g/mol. The van der Waals surface area contributed by atoms with Crippen LogP contribution in [0.15, 0.2) is 12.1 Å². The van der Waals surface area contributed by atoms with Crippen LogP contribution in [-0.4, -0.2) is 14.0 Å². The summed E-state index contributed by atoms with van der Waals surface area (Å²) >= 11 is 0. The van der Waals surface area contributed by atoms with Crippen LogP contribution in [0.4, 0.5) is 0 Å². The molecule has 0 aliphatic carbocycles. The van der Waals surface area contributed by atoms with Gasteiger partial charge in [-0.1, -0.05) is 25.7 Å². The van der Waals surface area contributed by atoms with Gasteiger partial charge in [0.25, 0.3) is 0 Å². The van der Waals surface area contributed by atoms with Gasteiger partial charge < -0.3 is 5.23 Å². The molecule has 0 aliphatic rings. The van der Waals surface area contributed by atoms with E-state index in [0.29, 0.717) is 0 Å². The first-order valence-corrected chi connectivity index (χ1v) is 3.49. The molecule has 0 aromatic rings. The molecule has 0 saturated heterocycles. The molecule has 0 unspecified atom stereocenters. The topological polar surface area (TPSA) is 12.0 Å². The molecule has 0 aliphatic heterocycles. The second-order valence-electron chi connectivity index (χ2n) is 2.30. The molecular weight excluding hydrogens is 109 g/mol. The highest BCUT2D eigenvalue weighted by molar-refractivity contribution is 6.41. The van der Waals surface area contributed by atoms with Crippen LogP contribution in [0.2, 0.25) is 0 Å². The smallest absolute Gasteiger partial charge is 0.239 e. The van der Waals surface area contributed by atoms with Crippen molar-refractivity contribution in [1.29, 1.82) is 0 Å². The van der Waals surface area contributed by atoms with Crippen molar-refractivity contribution in [3.63, 3.8) is 0 Å². The zero-order valence-electron chi connectivity index (χ0n) is 6.41. The zero-order valence-corrected chi connectivity index (χ0v) is 6.41. The molecule has 0 heterocycles. The third-order valence-corrected chi connectivity index (χ3v) is 1.02. The number of unbranched alkanes of at least 4 members (excludes halogenated alkanes) is 1. The van der Waals surface area contributed by atoms with Crippen LogP contribution in [0.5, 0.6) is 0 Å². The largest absolute Gasteiger partial charge is 0.356 e. The molecule has 2 heteroatoms. The summed E-state index contributed by atoms with van der Waals surface area (Å²) in [7, 11) is 1.95. The normalized spacial score (nSPS) is 9.11. The minimum absolute atomic E-state index is 1.07. The molecule has 0 amide bonds. The van der Waals surface area contributed by atoms with E-state index in [-0.39, 0.29) is 0 Å². The van der Waals surface area contributed by atoms with Gasteiger partial charge >= 0.3 is 0 Å². The van der Waals surface area contributed by atoms with E-state index in [1.807, 2.05) is 14.3 Å². The second kappa shape index (κ2) is 5.89. The Morgan fingerprint density at radius 3 is 2.78 bits per heavy atom. The summed E-state index contributed by atoms with van der Waals surface area (Å²) in [6.45, 7) is 8.98. The quantitative estimate of drug-likeness (QED) is 0.432. The van der Waals surface area contributed by atoms with Gasteiger partial charge in [0.05, 0.1) is 0 Å². The summed E-state index contributed by atoms with van der Waals surface area (Å²) in [5.41, 5.74) is 1.09. The van der Waals surface area contributed by atoms with E-state index < -0.39 is 0 Å². The van der Waals surface area contributed by atoms with Crippen LogP contribution in [0.3, 0.4) is 0 Å². The van der Waals surface area contributed by atoms with E-state index in [4.69, 9.17) is 0 Å². The highest BCUT2D eigenvalue weighted by atomic mass is 14.7. The standard InChI is InChI=1S/C7H15BN/c1-4-5-6-9-8-7(2)3/h9H,2,4-6H2,1,3H3. The molecule has 9 heavy (non-hydrogen) atoms. The van der Waals surface area contributed by atoms with Crippen LogP contribution in [-0.2, 0) is 0 Å². The molecule has 0 spiro atoms. The maximum atomic E-state index is 3.73. The predicted octanol–water partition coefficient (Wildman–Crippen LogP) is 1.53. The Kier molecular flexibility index (Phi) is 5.74. The Labute approximate surface area is 58.8 Å². The van der Waals surface area contributed by atoms with Crippen LogP contribution in [0, 0.1) is 0 Å². The summed E-state index contributed by atoms with van der Waals surface area (Å²) in [5.74, 6) is 0. The summed E-state index contributed by atoms with van der Waals surface area (Å²) in [6, 6.07) is 0. The first kappa shape index (κ1) is 8.76. The van der Waals surface area contributed by atoms with Crippen molar-refractivity contribution in [3.8, 4) is 0 Å². The maximum absolute atomic E-state index is 3.73. The number of nitrogens with one attached hydrogen (secondary N) is 1. The van der Waals surface area contributed by atoms with Crippen molar-refractivity contribution in [3.05, 3.63) is 12.1 Å². The zero-order chi connectivity index (χ0) is 7.11. The fourth-order valence-corrected chi connectivity index (χ4v) is 0.525. The van der Waals surface area contributed by atoms with Crippen molar-refractivity contribution >= 4 is 7.41 Å². The van der Waals surface area contributed by atoms with E-state index in [1.54, 1.807) is 0 Å². The van der Waals surface area contributed by atoms with Gasteiger partial charge in [-0.05, 0) is 13.0 Å². The third kappa shape index (κ3) is 7.76. The van der Waals surface area contributed by atoms with Crippen LogP contribution in [0.1, 0.15) is 26.7 Å². The van der Waals surface area contributed by atoms with Gasteiger partial charge in [-0.3, -0.25) is 0 Å². The highest BCUT2D eigenvalue weighted by Crippen LogP contribution is 1.83. The first-order valence-electron chi connectivity index (χ1n) is 3.49. The average Bonchev–Trinajstić information content (AvgIpc) is 1.80. The Morgan fingerprint density at radius 1 is 1.67 bits per heavy atom. The molecular formula is C7H15BN. The summed E-state index contributed by atoms with van der Waals surface area (Å²) in [5, 5.41) is 3.16. The van der Waals surface area contributed by atoms with E-state index in [0.717, 1.165) is 12.0 Å². The molecule has 0 rings (SSSR count). The van der Waals surface area contributed by atoms with Gasteiger partial charge in [0.1, 0.15) is 0 Å². The van der Waals surface area contributed by atoms with E-state index >= 15 is 0 Å². The van der Waals surface area contributed by atoms with Gasteiger partial charge in [0.15, 0.2) is 0 Å². The van der Waals surface area contributed by atoms with E-state index in [2.05, 4.69) is 18.7 Å². The number of allylic oxidation sites excluding steroid dienone is 1. The Morgan fingerprint density at radius 2 is 2.33 bits per heavy atom. The predicted molar refractivity (Wildman–Crippen MR) is 43.5 cm³/mol. The molecule has 0 bridgehead atoms. The Balaban J connectivity index is 2.83. The van der Waals surface area contributed by atoms with Gasteiger partial charge in [-0.25, -0.2) is 0 Å². The monoisotopic (exact) mass is 124 g/mol. The van der Waals surface area contributed by atoms with Crippen molar-refractivity contribution in [2.45, 2.75) is 26.7 Å². The SMILES string of the molecule is C=C(C)[B]NCCCC. The van der Waals surface area contributed by atoms with E-state index in [9.17, 15) is 0 Å². The van der Waals surface area contributed by atoms with Crippen molar-refractivity contribution < 1.29 is 0 Å². The molecule has 1 nitrogen and oxygen atoms in total. The molecule has 0 saturated carbocycles. The lowest BCUT2D eigenvalue weighted by atomic mass is 9.85. The lowest BCUT2D eigenvalue weighted by Crippen LogP contribution is -2.20. The van der Waals surface area contributed by atoms with E-state index in [1.165, 1.54) is 12.8 Å². The molecule has 0 fully saturated rings. The van der Waals surface area contributed by atoms with Crippen molar-refractivity contribution in [1.82, 2.24) is 5.23 Å². The number of hydrogen-bond donors (Lipinski definition) is 1. The minimum Gasteiger partial charge on any atom is -0.356 e. The Bertz CT molecular complexity index is 81.0. The van der Waals surface area contributed by atoms with Crippen LogP contribution >= 0.6 is 0 Å². The minimum atomic E-state index is 1.07. The molecule has 0 aromatic heterocycles. The fourth-order valence-electron chi connectivity index (χ4n) is 0.525. The van der Waals surface area contributed by atoms with Gasteiger partial charge in [-0.15, -0.1) is 6.58 Å². The molecule has 0 atom stereocenters. The summed E-state index contributed by atoms with van der Waals surface area (Å²) in [6.07, 6.45) is 2.49. The molecule has 1 radical (unpaired) electrons. The van der Waals surface area contributed by atoms with Gasteiger partial charge in [-0.2, -0.15) is 0 Å². The van der Waals surface area contributed by atoms with Crippen LogP contribution in [0.25, 0.3) is 0 Å². The lowest BCUT2D eigenvalue weighted by Gasteiger charge is -1.98. The summed E-state index contributed by atoms with van der Waals surface area (Å²) in [4.78, 5) is 0. The highest BCUT2D eigenvalue weighted by Gasteiger charge is 1.87. The van der Waals surface area contributed by atoms with Crippen LogP contribution < -0.4 is 5.23 Å². The Hall–Kier alpha value is -0.235. The van der Waals surface area contributed by atoms with Crippen molar-refractivity contribution in [2.75, 3.05) is 6.54 Å². The first-order chi connectivity index (χ1) is 4.27. The summed E-state index contributed by atoms with van der Waals surface area (Å²) < 4.78 is 0. The third-order valence-electron chi connectivity index (χ3n) is 1.02. The lowest BCUT2D eigenvalue weighted by molar-refractivity contribution is 0.767.